The molecule has 4 rings (SSSR count). The number of benzene rings is 2. The van der Waals surface area contributed by atoms with E-state index in [4.69, 9.17) is 0 Å². The number of carbonyl (C=O) groups is 1. The van der Waals surface area contributed by atoms with Gasteiger partial charge in [0, 0.05) is 6.54 Å². The fourth-order valence-corrected chi connectivity index (χ4v) is 4.78. The van der Waals surface area contributed by atoms with Gasteiger partial charge >= 0.3 is 0 Å². The van der Waals surface area contributed by atoms with Gasteiger partial charge in [-0.15, -0.1) is 10.2 Å². The van der Waals surface area contributed by atoms with E-state index >= 15 is 0 Å². The van der Waals surface area contributed by atoms with E-state index in [1.807, 2.05) is 60.7 Å². The molecule has 2 aromatic heterocycles. The van der Waals surface area contributed by atoms with Gasteiger partial charge in [-0.2, -0.15) is 0 Å². The van der Waals surface area contributed by atoms with Crippen molar-refractivity contribution in [3.63, 3.8) is 0 Å². The zero-order chi connectivity index (χ0) is 23.4. The van der Waals surface area contributed by atoms with Gasteiger partial charge < -0.3 is 5.32 Å². The molecule has 7 nitrogen and oxygen atoms in total. The Morgan fingerprint density at radius 3 is 2.67 bits per heavy atom. The lowest BCUT2D eigenvalue weighted by atomic mass is 10.1. The minimum Gasteiger partial charge on any atom is -0.355 e. The molecule has 0 saturated carbocycles. The van der Waals surface area contributed by atoms with Crippen molar-refractivity contribution in [2.24, 2.45) is 0 Å². The normalized spacial score (nSPS) is 11.4. The fraction of sp³-hybridized carbons (Fsp3) is 0.360. The number of hydrogen-bond donors (Lipinski definition) is 1. The summed E-state index contributed by atoms with van der Waals surface area (Å²) >= 11 is 1.33. The van der Waals surface area contributed by atoms with Crippen molar-refractivity contribution in [2.75, 3.05) is 12.3 Å². The maximum Gasteiger partial charge on any atom is 0.267 e. The predicted octanol–water partition coefficient (Wildman–Crippen LogP) is 4.44. The average Bonchev–Trinajstić information content (AvgIpc) is 3.23. The summed E-state index contributed by atoms with van der Waals surface area (Å²) in [6.07, 6.45) is 4.47. The zero-order valence-corrected chi connectivity index (χ0v) is 20.1. The molecule has 0 fully saturated rings. The van der Waals surface area contributed by atoms with Crippen molar-refractivity contribution in [2.45, 2.75) is 51.6 Å². The van der Waals surface area contributed by atoms with Crippen LogP contribution in [-0.4, -0.2) is 37.4 Å². The van der Waals surface area contributed by atoms with E-state index in [1.54, 1.807) is 4.57 Å². The molecule has 0 bridgehead atoms. The van der Waals surface area contributed by atoms with Crippen molar-refractivity contribution in [1.82, 2.24) is 24.5 Å². The Morgan fingerprint density at radius 2 is 1.88 bits per heavy atom. The van der Waals surface area contributed by atoms with Crippen LogP contribution in [0.4, 0.5) is 0 Å². The minimum absolute atomic E-state index is 0.0275. The Kier molecular flexibility index (Phi) is 7.13. The van der Waals surface area contributed by atoms with E-state index < -0.39 is 0 Å². The smallest absolute Gasteiger partial charge is 0.267 e. The van der Waals surface area contributed by atoms with Crippen LogP contribution < -0.4 is 10.9 Å². The molecule has 0 radical (unpaired) electrons. The molecule has 0 saturated heterocycles. The number of nitrogens with zero attached hydrogens (tertiary/aromatic N) is 4. The first kappa shape index (κ1) is 23.0. The predicted molar refractivity (Wildman–Crippen MR) is 133 cm³/mol. The lowest BCUT2D eigenvalue weighted by Crippen LogP contribution is -2.26. The second-order valence-electron chi connectivity index (χ2n) is 8.26. The van der Waals surface area contributed by atoms with Crippen molar-refractivity contribution in [3.8, 4) is 5.69 Å². The number of para-hydroxylation sites is 1. The lowest BCUT2D eigenvalue weighted by molar-refractivity contribution is -0.118. The molecule has 33 heavy (non-hydrogen) atoms. The Labute approximate surface area is 197 Å². The molecular weight excluding hydrogens is 434 g/mol. The minimum atomic E-state index is -0.140. The first-order chi connectivity index (χ1) is 16.0. The number of carbonyl (C=O) groups excluding carboxylic acids is 1. The van der Waals surface area contributed by atoms with Crippen LogP contribution in [0.3, 0.4) is 0 Å². The molecule has 0 unspecified atom stereocenters. The SMILES string of the molecule is CCCCCCNC(=O)CSc1nnc2n(-c3ccc(C)cc3C)c(=O)c3ccccc3n12. The summed E-state index contributed by atoms with van der Waals surface area (Å²) in [7, 11) is 0. The highest BCUT2D eigenvalue weighted by Gasteiger charge is 2.19. The van der Waals surface area contributed by atoms with Crippen LogP contribution in [-0.2, 0) is 4.79 Å². The summed E-state index contributed by atoms with van der Waals surface area (Å²) in [6, 6.07) is 13.4. The van der Waals surface area contributed by atoms with Crippen LogP contribution in [0.5, 0.6) is 0 Å². The molecule has 8 heteroatoms. The number of hydrogen-bond acceptors (Lipinski definition) is 5. The number of nitrogens with one attached hydrogen (secondary N) is 1. The van der Waals surface area contributed by atoms with Gasteiger partial charge in [0.05, 0.1) is 22.3 Å². The lowest BCUT2D eigenvalue weighted by Gasteiger charge is -2.13. The highest BCUT2D eigenvalue weighted by atomic mass is 32.2. The Balaban J connectivity index is 1.70. The molecule has 0 aliphatic heterocycles. The average molecular weight is 464 g/mol. The van der Waals surface area contributed by atoms with Crippen molar-refractivity contribution in [1.29, 1.82) is 0 Å². The van der Waals surface area contributed by atoms with E-state index in [9.17, 15) is 9.59 Å². The van der Waals surface area contributed by atoms with Gasteiger partial charge in [0.15, 0.2) is 5.16 Å². The Hall–Kier alpha value is -3.13. The molecular formula is C25H29N5O2S. The maximum atomic E-state index is 13.5. The van der Waals surface area contributed by atoms with Gasteiger partial charge in [-0.3, -0.25) is 14.0 Å². The van der Waals surface area contributed by atoms with Gasteiger partial charge in [-0.1, -0.05) is 67.8 Å². The highest BCUT2D eigenvalue weighted by Crippen LogP contribution is 2.24. The first-order valence-corrected chi connectivity index (χ1v) is 12.4. The maximum absolute atomic E-state index is 13.5. The third kappa shape index (κ3) is 4.80. The third-order valence-electron chi connectivity index (χ3n) is 5.67. The molecule has 2 heterocycles. The monoisotopic (exact) mass is 463 g/mol. The van der Waals surface area contributed by atoms with Crippen LogP contribution in [0, 0.1) is 13.8 Å². The van der Waals surface area contributed by atoms with Crippen LogP contribution in [0.25, 0.3) is 22.4 Å². The number of aromatic nitrogens is 4. The van der Waals surface area contributed by atoms with Gasteiger partial charge in [-0.25, -0.2) is 4.57 Å². The standard InChI is InChI=1S/C25H29N5O2S/c1-4-5-6-9-14-26-22(31)16-33-25-28-27-24-29(20-13-12-17(2)15-18(20)3)23(32)19-10-7-8-11-21(19)30(24)25/h7-8,10-13,15H,4-6,9,14,16H2,1-3H3,(H,26,31). The Bertz CT molecular complexity index is 1360. The highest BCUT2D eigenvalue weighted by molar-refractivity contribution is 7.99. The van der Waals surface area contributed by atoms with Gasteiger partial charge in [-0.05, 0) is 44.0 Å². The Morgan fingerprint density at radius 1 is 1.06 bits per heavy atom. The molecule has 0 atom stereocenters. The molecule has 1 amide bonds. The molecule has 0 aliphatic rings. The number of unbranched alkanes of at least 4 members (excludes halogenated alkanes) is 3. The van der Waals surface area contributed by atoms with Gasteiger partial charge in [0.1, 0.15) is 0 Å². The molecule has 4 aromatic rings. The number of rotatable bonds is 9. The van der Waals surface area contributed by atoms with Gasteiger partial charge in [0.25, 0.3) is 5.56 Å². The van der Waals surface area contributed by atoms with E-state index in [1.165, 1.54) is 24.6 Å². The summed E-state index contributed by atoms with van der Waals surface area (Å²) in [5.41, 5.74) is 3.47. The number of amides is 1. The van der Waals surface area contributed by atoms with Crippen molar-refractivity contribution < 1.29 is 4.79 Å². The number of fused-ring (bicyclic) bond motifs is 3. The molecule has 2 aromatic carbocycles. The van der Waals surface area contributed by atoms with Crippen LogP contribution >= 0.6 is 11.8 Å². The first-order valence-electron chi connectivity index (χ1n) is 11.4. The van der Waals surface area contributed by atoms with Gasteiger partial charge in [0.2, 0.25) is 11.7 Å². The van der Waals surface area contributed by atoms with Crippen molar-refractivity contribution >= 4 is 34.3 Å². The van der Waals surface area contributed by atoms with Crippen LogP contribution in [0.2, 0.25) is 0 Å². The quantitative estimate of drug-likeness (QED) is 0.293. The van der Waals surface area contributed by atoms with Crippen molar-refractivity contribution in [3.05, 3.63) is 63.9 Å². The van der Waals surface area contributed by atoms with E-state index in [2.05, 4.69) is 22.4 Å². The third-order valence-corrected chi connectivity index (χ3v) is 6.60. The summed E-state index contributed by atoms with van der Waals surface area (Å²) < 4.78 is 3.48. The molecule has 1 N–H and O–H groups in total. The number of aryl methyl sites for hydroxylation is 2. The van der Waals surface area contributed by atoms with E-state index in [0.717, 1.165) is 35.2 Å². The fourth-order valence-electron chi connectivity index (χ4n) is 4.01. The molecule has 0 spiro atoms. The summed E-state index contributed by atoms with van der Waals surface area (Å²) in [5, 5.41) is 12.9. The molecule has 0 aliphatic carbocycles. The second kappa shape index (κ2) is 10.2. The molecule has 172 valence electrons. The van der Waals surface area contributed by atoms with Crippen LogP contribution in [0.1, 0.15) is 43.7 Å². The van der Waals surface area contributed by atoms with E-state index in [-0.39, 0.29) is 17.2 Å². The van der Waals surface area contributed by atoms with Crippen LogP contribution in [0.15, 0.2) is 52.4 Å². The zero-order valence-electron chi connectivity index (χ0n) is 19.3. The second-order valence-corrected chi connectivity index (χ2v) is 9.21. The largest absolute Gasteiger partial charge is 0.355 e. The summed E-state index contributed by atoms with van der Waals surface area (Å²) in [4.78, 5) is 25.8. The summed E-state index contributed by atoms with van der Waals surface area (Å²) in [6.45, 7) is 6.87. The summed E-state index contributed by atoms with van der Waals surface area (Å²) in [5.74, 6) is 0.652. The van der Waals surface area contributed by atoms with E-state index in [0.29, 0.717) is 22.9 Å². The number of thioether (sulfide) groups is 1. The topological polar surface area (TPSA) is 81.3 Å².